The summed E-state index contributed by atoms with van der Waals surface area (Å²) >= 11 is 12.6. The SMILES string of the molecule is CNC(=O)[C@H](Cc1ccccc1)N(Cc1cccc(Cl)c1)C(=O)CN(c1cccc(Cl)c1C)S(=O)(=O)c1ccccc1. The summed E-state index contributed by atoms with van der Waals surface area (Å²) in [7, 11) is -2.70. The quantitative estimate of drug-likeness (QED) is 0.226. The maximum absolute atomic E-state index is 14.3. The highest BCUT2D eigenvalue weighted by atomic mass is 35.5. The zero-order chi connectivity index (χ0) is 30.3. The van der Waals surface area contributed by atoms with Crippen molar-refractivity contribution in [3.63, 3.8) is 0 Å². The van der Waals surface area contributed by atoms with Crippen molar-refractivity contribution in [2.24, 2.45) is 0 Å². The van der Waals surface area contributed by atoms with E-state index in [1.54, 1.807) is 67.6 Å². The van der Waals surface area contributed by atoms with Crippen molar-refractivity contribution < 1.29 is 18.0 Å². The molecule has 0 fully saturated rings. The summed E-state index contributed by atoms with van der Waals surface area (Å²) in [4.78, 5) is 29.1. The molecule has 1 atom stereocenters. The van der Waals surface area contributed by atoms with Crippen LogP contribution < -0.4 is 9.62 Å². The number of benzene rings is 4. The average molecular weight is 625 g/mol. The fourth-order valence-electron chi connectivity index (χ4n) is 4.65. The Kier molecular flexibility index (Phi) is 10.3. The number of halogens is 2. The zero-order valence-corrected chi connectivity index (χ0v) is 25.5. The van der Waals surface area contributed by atoms with Crippen molar-refractivity contribution in [2.75, 3.05) is 17.9 Å². The molecular weight excluding hydrogens is 593 g/mol. The van der Waals surface area contributed by atoms with Crippen molar-refractivity contribution in [1.29, 1.82) is 0 Å². The summed E-state index contributed by atoms with van der Waals surface area (Å²) in [5.74, 6) is -0.955. The molecule has 0 aliphatic carbocycles. The van der Waals surface area contributed by atoms with Crippen LogP contribution in [0.4, 0.5) is 5.69 Å². The van der Waals surface area contributed by atoms with Crippen LogP contribution in [0.1, 0.15) is 16.7 Å². The predicted octanol–water partition coefficient (Wildman–Crippen LogP) is 5.88. The normalized spacial score (nSPS) is 11.9. The van der Waals surface area contributed by atoms with Gasteiger partial charge in [-0.05, 0) is 60.0 Å². The monoisotopic (exact) mass is 623 g/mol. The number of nitrogens with one attached hydrogen (secondary N) is 1. The van der Waals surface area contributed by atoms with Crippen LogP contribution >= 0.6 is 23.2 Å². The Labute approximate surface area is 256 Å². The molecule has 0 aliphatic heterocycles. The third-order valence-electron chi connectivity index (χ3n) is 6.88. The number of carbonyl (C=O) groups is 2. The third-order valence-corrected chi connectivity index (χ3v) is 9.30. The van der Waals surface area contributed by atoms with Crippen LogP contribution in [0.3, 0.4) is 0 Å². The van der Waals surface area contributed by atoms with E-state index in [9.17, 15) is 18.0 Å². The Morgan fingerprint density at radius 1 is 0.833 bits per heavy atom. The van der Waals surface area contributed by atoms with Gasteiger partial charge in [0, 0.05) is 30.1 Å². The maximum atomic E-state index is 14.3. The molecule has 0 bridgehead atoms. The summed E-state index contributed by atoms with van der Waals surface area (Å²) in [5, 5.41) is 3.50. The van der Waals surface area contributed by atoms with Crippen LogP contribution in [0.5, 0.6) is 0 Å². The number of nitrogens with zero attached hydrogens (tertiary/aromatic N) is 2. The zero-order valence-electron chi connectivity index (χ0n) is 23.2. The van der Waals surface area contributed by atoms with Gasteiger partial charge < -0.3 is 10.2 Å². The number of hydrogen-bond donors (Lipinski definition) is 1. The van der Waals surface area contributed by atoms with E-state index < -0.39 is 28.5 Å². The summed E-state index contributed by atoms with van der Waals surface area (Å²) in [6.45, 7) is 1.15. The topological polar surface area (TPSA) is 86.8 Å². The number of rotatable bonds is 11. The summed E-state index contributed by atoms with van der Waals surface area (Å²) in [5.41, 5.74) is 2.30. The van der Waals surface area contributed by atoms with Gasteiger partial charge in [0.25, 0.3) is 10.0 Å². The molecule has 0 saturated carbocycles. The third kappa shape index (κ3) is 7.31. The Morgan fingerprint density at radius 3 is 2.10 bits per heavy atom. The van der Waals surface area contributed by atoms with E-state index in [-0.39, 0.29) is 29.5 Å². The number of hydrogen-bond acceptors (Lipinski definition) is 4. The second-order valence-electron chi connectivity index (χ2n) is 9.68. The van der Waals surface area contributed by atoms with Crippen LogP contribution in [-0.2, 0) is 32.6 Å². The van der Waals surface area contributed by atoms with Gasteiger partial charge in [0.2, 0.25) is 11.8 Å². The van der Waals surface area contributed by atoms with E-state index in [4.69, 9.17) is 23.2 Å². The van der Waals surface area contributed by atoms with Gasteiger partial charge in [-0.1, -0.05) is 89.9 Å². The Hall–Kier alpha value is -3.85. The van der Waals surface area contributed by atoms with Crippen LogP contribution in [0.25, 0.3) is 0 Å². The first-order chi connectivity index (χ1) is 20.1. The van der Waals surface area contributed by atoms with Gasteiger partial charge in [0.15, 0.2) is 0 Å². The van der Waals surface area contributed by atoms with Gasteiger partial charge in [0.05, 0.1) is 10.6 Å². The van der Waals surface area contributed by atoms with Crippen LogP contribution in [0.2, 0.25) is 10.0 Å². The van der Waals surface area contributed by atoms with Crippen molar-refractivity contribution in [3.05, 3.63) is 130 Å². The smallest absolute Gasteiger partial charge is 0.264 e. The molecule has 0 aromatic heterocycles. The molecule has 0 saturated heterocycles. The molecule has 42 heavy (non-hydrogen) atoms. The Balaban J connectivity index is 1.81. The summed E-state index contributed by atoms with van der Waals surface area (Å²) in [6, 6.07) is 28.2. The van der Waals surface area contributed by atoms with Gasteiger partial charge in [-0.2, -0.15) is 0 Å². The first-order valence-electron chi connectivity index (χ1n) is 13.2. The second kappa shape index (κ2) is 13.9. The average Bonchev–Trinajstić information content (AvgIpc) is 2.99. The highest BCUT2D eigenvalue weighted by Gasteiger charge is 2.35. The lowest BCUT2D eigenvalue weighted by molar-refractivity contribution is -0.139. The molecule has 2 amide bonds. The molecule has 4 aromatic rings. The molecule has 4 rings (SSSR count). The lowest BCUT2D eigenvalue weighted by Crippen LogP contribution is -2.53. The van der Waals surface area contributed by atoms with Gasteiger partial charge >= 0.3 is 0 Å². The first-order valence-corrected chi connectivity index (χ1v) is 15.4. The van der Waals surface area contributed by atoms with Crippen LogP contribution in [0, 0.1) is 6.92 Å². The molecule has 10 heteroatoms. The molecule has 7 nitrogen and oxygen atoms in total. The predicted molar refractivity (Wildman–Crippen MR) is 167 cm³/mol. The molecule has 0 unspecified atom stereocenters. The van der Waals surface area contributed by atoms with E-state index >= 15 is 0 Å². The number of carbonyl (C=O) groups excluding carboxylic acids is 2. The fourth-order valence-corrected chi connectivity index (χ4v) is 6.53. The molecule has 0 aliphatic rings. The molecule has 218 valence electrons. The van der Waals surface area contributed by atoms with E-state index in [0.717, 1.165) is 9.87 Å². The second-order valence-corrected chi connectivity index (χ2v) is 12.4. The summed E-state index contributed by atoms with van der Waals surface area (Å²) < 4.78 is 29.1. The van der Waals surface area contributed by atoms with E-state index in [1.165, 1.54) is 24.1 Å². The molecule has 0 radical (unpaired) electrons. The van der Waals surface area contributed by atoms with Crippen molar-refractivity contribution in [1.82, 2.24) is 10.2 Å². The number of amides is 2. The van der Waals surface area contributed by atoms with E-state index in [0.29, 0.717) is 21.2 Å². The number of sulfonamides is 1. The molecule has 4 aromatic carbocycles. The maximum Gasteiger partial charge on any atom is 0.264 e. The highest BCUT2D eigenvalue weighted by Crippen LogP contribution is 2.31. The fraction of sp³-hybridized carbons (Fsp3) is 0.188. The number of likely N-dealkylation sites (N-methyl/N-ethyl adjacent to an activating group) is 1. The molecule has 1 N–H and O–H groups in total. The lowest BCUT2D eigenvalue weighted by Gasteiger charge is -2.34. The van der Waals surface area contributed by atoms with Gasteiger partial charge in [-0.25, -0.2) is 8.42 Å². The molecule has 0 spiro atoms. The highest BCUT2D eigenvalue weighted by molar-refractivity contribution is 7.92. The first kappa shape index (κ1) is 31.1. The van der Waals surface area contributed by atoms with Gasteiger partial charge in [-0.15, -0.1) is 0 Å². The Morgan fingerprint density at radius 2 is 1.45 bits per heavy atom. The minimum atomic E-state index is -4.21. The van der Waals surface area contributed by atoms with Crippen molar-refractivity contribution in [3.8, 4) is 0 Å². The Bertz CT molecular complexity index is 1650. The van der Waals surface area contributed by atoms with Crippen molar-refractivity contribution in [2.45, 2.75) is 30.8 Å². The number of anilines is 1. The van der Waals surface area contributed by atoms with Crippen molar-refractivity contribution >= 4 is 50.7 Å². The minimum Gasteiger partial charge on any atom is -0.357 e. The van der Waals surface area contributed by atoms with E-state index in [1.807, 2.05) is 30.3 Å². The van der Waals surface area contributed by atoms with Crippen LogP contribution in [0.15, 0.2) is 108 Å². The van der Waals surface area contributed by atoms with Gasteiger partial charge in [-0.3, -0.25) is 13.9 Å². The lowest BCUT2D eigenvalue weighted by atomic mass is 10.0. The minimum absolute atomic E-state index is 0.0192. The van der Waals surface area contributed by atoms with E-state index in [2.05, 4.69) is 5.32 Å². The largest absolute Gasteiger partial charge is 0.357 e. The standard InChI is InChI=1S/C32H31Cl2N3O4S/c1-23-28(34)17-10-18-29(23)37(42(40,41)27-15-7-4-8-16-27)22-31(38)36(21-25-13-9-14-26(33)19-25)30(32(39)35-2)20-24-11-5-3-6-12-24/h3-19,30H,20-22H2,1-2H3,(H,35,39)/t30-/m0/s1. The summed E-state index contributed by atoms with van der Waals surface area (Å²) in [6.07, 6.45) is 0.217. The van der Waals surface area contributed by atoms with Crippen LogP contribution in [-0.4, -0.2) is 44.8 Å². The van der Waals surface area contributed by atoms with Gasteiger partial charge in [0.1, 0.15) is 12.6 Å². The molecule has 0 heterocycles. The molecular formula is C32H31Cl2N3O4S.